The molecule has 0 amide bonds. The Morgan fingerprint density at radius 2 is 1.02 bits per heavy atom. The number of benzene rings is 8. The van der Waals surface area contributed by atoms with E-state index in [2.05, 4.69) is 193 Å². The predicted octanol–water partition coefficient (Wildman–Crippen LogP) is 14.5. The van der Waals surface area contributed by atoms with Crippen LogP contribution in [0, 0.1) is 0 Å². The van der Waals surface area contributed by atoms with E-state index in [0.29, 0.717) is 5.82 Å². The molecule has 8 aromatic carbocycles. The third-order valence-corrected chi connectivity index (χ3v) is 12.4. The zero-order valence-corrected chi connectivity index (χ0v) is 31.4. The first-order valence-corrected chi connectivity index (χ1v) is 20.0. The highest BCUT2D eigenvalue weighted by molar-refractivity contribution is 7.25. The second kappa shape index (κ2) is 12.6. The first-order valence-electron chi connectivity index (χ1n) is 19.1. The smallest absolute Gasteiger partial charge is 0.164 e. The Kier molecular flexibility index (Phi) is 7.06. The van der Waals surface area contributed by atoms with Crippen molar-refractivity contribution in [2.24, 2.45) is 0 Å². The van der Waals surface area contributed by atoms with E-state index in [1.807, 2.05) is 11.3 Å². The average Bonchev–Trinajstić information content (AvgIpc) is 3.96. The van der Waals surface area contributed by atoms with Gasteiger partial charge in [0.15, 0.2) is 11.4 Å². The quantitative estimate of drug-likeness (QED) is 0.176. The number of para-hydroxylation sites is 3. The van der Waals surface area contributed by atoms with Crippen molar-refractivity contribution >= 4 is 75.3 Å². The van der Waals surface area contributed by atoms with E-state index in [1.165, 1.54) is 25.6 Å². The van der Waals surface area contributed by atoms with Crippen LogP contribution in [0.1, 0.15) is 0 Å². The van der Waals surface area contributed by atoms with Crippen LogP contribution >= 0.6 is 11.3 Å². The molecule has 0 saturated heterocycles. The Bertz CT molecular complexity index is 3520. The summed E-state index contributed by atoms with van der Waals surface area (Å²) >= 11 is 1.82. The van der Waals surface area contributed by atoms with Gasteiger partial charge in [-0.1, -0.05) is 133 Å². The highest BCUT2D eigenvalue weighted by atomic mass is 32.1. The van der Waals surface area contributed by atoms with E-state index < -0.39 is 0 Å². The van der Waals surface area contributed by atoms with Gasteiger partial charge in [0, 0.05) is 58.5 Å². The fraction of sp³-hybridized carbons (Fsp3) is 0. The van der Waals surface area contributed by atoms with Gasteiger partial charge >= 0.3 is 0 Å². The Morgan fingerprint density at radius 1 is 0.404 bits per heavy atom. The molecule has 12 aromatic rings. The molecule has 4 nitrogen and oxygen atoms in total. The van der Waals surface area contributed by atoms with E-state index in [0.717, 1.165) is 83.3 Å². The van der Waals surface area contributed by atoms with Crippen molar-refractivity contribution in [2.75, 3.05) is 0 Å². The van der Waals surface area contributed by atoms with E-state index in [4.69, 9.17) is 14.4 Å². The number of thiophene rings is 1. The van der Waals surface area contributed by atoms with Crippen molar-refractivity contribution in [1.82, 2.24) is 14.5 Å². The predicted molar refractivity (Wildman–Crippen MR) is 238 cm³/mol. The van der Waals surface area contributed by atoms with Gasteiger partial charge in [-0.3, -0.25) is 0 Å². The number of fused-ring (bicyclic) bond motifs is 10. The van der Waals surface area contributed by atoms with Crippen molar-refractivity contribution < 1.29 is 4.42 Å². The summed E-state index contributed by atoms with van der Waals surface area (Å²) in [5.74, 6) is 0.619. The van der Waals surface area contributed by atoms with Gasteiger partial charge in [-0.15, -0.1) is 11.3 Å². The molecule has 0 atom stereocenters. The topological polar surface area (TPSA) is 43.9 Å². The van der Waals surface area contributed by atoms with Crippen molar-refractivity contribution in [2.45, 2.75) is 0 Å². The summed E-state index contributed by atoms with van der Waals surface area (Å²) in [7, 11) is 0. The molecular weight excluding hydrogens is 715 g/mol. The number of hydrogen-bond acceptors (Lipinski definition) is 4. The molecule has 0 fully saturated rings. The van der Waals surface area contributed by atoms with Crippen LogP contribution in [0.2, 0.25) is 0 Å². The Balaban J connectivity index is 1.11. The summed E-state index contributed by atoms with van der Waals surface area (Å²) in [5.41, 5.74) is 11.8. The summed E-state index contributed by atoms with van der Waals surface area (Å²) in [4.78, 5) is 10.7. The number of aromatic nitrogens is 3. The molecule has 0 bridgehead atoms. The summed E-state index contributed by atoms with van der Waals surface area (Å²) in [6.07, 6.45) is 0. The maximum atomic E-state index is 7.10. The van der Waals surface area contributed by atoms with Gasteiger partial charge < -0.3 is 8.98 Å². The molecule has 4 aromatic heterocycles. The Hall–Kier alpha value is -7.34. The summed E-state index contributed by atoms with van der Waals surface area (Å²) in [6.45, 7) is 0. The van der Waals surface area contributed by atoms with Gasteiger partial charge in [0.1, 0.15) is 5.58 Å². The van der Waals surface area contributed by atoms with Crippen LogP contribution in [0.15, 0.2) is 192 Å². The summed E-state index contributed by atoms with van der Waals surface area (Å²) in [5, 5.41) is 6.97. The van der Waals surface area contributed by atoms with E-state index in [9.17, 15) is 0 Å². The maximum Gasteiger partial charge on any atom is 0.164 e. The lowest BCUT2D eigenvalue weighted by Crippen LogP contribution is -1.96. The van der Waals surface area contributed by atoms with Gasteiger partial charge in [-0.05, 0) is 65.7 Å². The zero-order chi connectivity index (χ0) is 37.5. The first-order chi connectivity index (χ1) is 28.2. The maximum absolute atomic E-state index is 7.10. The largest absolute Gasteiger partial charge is 0.453 e. The molecule has 57 heavy (non-hydrogen) atoms. The SMILES string of the molecule is c1ccc(-c2cccc(-c3cc(-c4ccc5c(c4)sc4ccccc45)nc(-c4cccc5c4oc4c5ccc5c6ccccc6n(-c6ccccc6)c54)n3)c2)cc1. The monoisotopic (exact) mass is 745 g/mol. The number of furan rings is 1. The van der Waals surface area contributed by atoms with Gasteiger partial charge in [0.05, 0.1) is 28.0 Å². The van der Waals surface area contributed by atoms with Crippen LogP contribution in [0.3, 0.4) is 0 Å². The van der Waals surface area contributed by atoms with E-state index in [-0.39, 0.29) is 0 Å². The standard InChI is InChI=1S/C52H31N3OS/c1-3-13-32(14-4-1)33-15-11-16-34(29-33)44-31-45(35-25-26-39-38-20-8-10-24-47(38)57-48(39)30-35)54-52(53-44)43-22-12-21-41-42-28-27-40-37-19-7-9-23-46(37)55(36-17-5-2-6-18-36)49(40)51(42)56-50(41)43/h1-31H. The van der Waals surface area contributed by atoms with E-state index in [1.54, 1.807) is 0 Å². The molecule has 0 N–H and O–H groups in total. The van der Waals surface area contributed by atoms with Crippen LogP contribution in [-0.4, -0.2) is 14.5 Å². The Morgan fingerprint density at radius 3 is 1.88 bits per heavy atom. The van der Waals surface area contributed by atoms with Gasteiger partial charge in [0.25, 0.3) is 0 Å². The lowest BCUT2D eigenvalue weighted by Gasteiger charge is -2.11. The Labute approximate surface area is 331 Å². The van der Waals surface area contributed by atoms with E-state index >= 15 is 0 Å². The number of hydrogen-bond donors (Lipinski definition) is 0. The second-order valence-electron chi connectivity index (χ2n) is 14.5. The number of nitrogens with zero attached hydrogens (tertiary/aromatic N) is 3. The molecule has 5 heteroatoms. The van der Waals surface area contributed by atoms with Crippen molar-refractivity contribution in [3.8, 4) is 50.7 Å². The minimum Gasteiger partial charge on any atom is -0.453 e. The molecule has 4 heterocycles. The molecule has 0 aliphatic carbocycles. The third kappa shape index (κ3) is 5.06. The average molecular weight is 746 g/mol. The molecule has 0 spiro atoms. The second-order valence-corrected chi connectivity index (χ2v) is 15.6. The van der Waals surface area contributed by atoms with Crippen LogP contribution in [0.5, 0.6) is 0 Å². The molecule has 266 valence electrons. The van der Waals surface area contributed by atoms with Crippen molar-refractivity contribution in [3.05, 3.63) is 188 Å². The lowest BCUT2D eigenvalue weighted by molar-refractivity contribution is 0.671. The minimum atomic E-state index is 0.619. The molecule has 0 radical (unpaired) electrons. The van der Waals surface area contributed by atoms with Gasteiger partial charge in [-0.25, -0.2) is 9.97 Å². The summed E-state index contributed by atoms with van der Waals surface area (Å²) in [6, 6.07) is 66.5. The normalized spacial score (nSPS) is 11.9. The van der Waals surface area contributed by atoms with Crippen LogP contribution in [0.4, 0.5) is 0 Å². The fourth-order valence-electron chi connectivity index (χ4n) is 8.56. The molecular formula is C52H31N3OS. The lowest BCUT2D eigenvalue weighted by atomic mass is 10.00. The molecule has 0 unspecified atom stereocenters. The van der Waals surface area contributed by atoms with Gasteiger partial charge in [-0.2, -0.15) is 0 Å². The highest BCUT2D eigenvalue weighted by Crippen LogP contribution is 2.43. The third-order valence-electron chi connectivity index (χ3n) is 11.2. The number of rotatable bonds is 5. The fourth-order valence-corrected chi connectivity index (χ4v) is 9.71. The van der Waals surface area contributed by atoms with Crippen molar-refractivity contribution in [3.63, 3.8) is 0 Å². The van der Waals surface area contributed by atoms with Crippen LogP contribution in [0.25, 0.3) is 115 Å². The molecule has 0 aliphatic heterocycles. The first kappa shape index (κ1) is 32.0. The molecule has 12 rings (SSSR count). The van der Waals surface area contributed by atoms with Gasteiger partial charge in [0.2, 0.25) is 0 Å². The highest BCUT2D eigenvalue weighted by Gasteiger charge is 2.22. The molecule has 0 aliphatic rings. The molecule has 0 saturated carbocycles. The van der Waals surface area contributed by atoms with Crippen LogP contribution in [-0.2, 0) is 0 Å². The zero-order valence-electron chi connectivity index (χ0n) is 30.6. The van der Waals surface area contributed by atoms with Crippen molar-refractivity contribution in [1.29, 1.82) is 0 Å². The van der Waals surface area contributed by atoms with Crippen LogP contribution < -0.4 is 0 Å². The minimum absolute atomic E-state index is 0.619. The summed E-state index contributed by atoms with van der Waals surface area (Å²) < 4.78 is 11.9.